The molecule has 1 aromatic heterocycles. The first-order chi connectivity index (χ1) is 13.2. The van der Waals surface area contributed by atoms with E-state index in [9.17, 15) is 4.79 Å². The first kappa shape index (κ1) is 22.7. The van der Waals surface area contributed by atoms with Gasteiger partial charge >= 0.3 is 0 Å². The Morgan fingerprint density at radius 2 is 2.14 bits per heavy atom. The lowest BCUT2D eigenvalue weighted by Crippen LogP contribution is -2.45. The highest BCUT2D eigenvalue weighted by Crippen LogP contribution is 2.27. The number of halogens is 1. The molecule has 0 aromatic carbocycles. The molecule has 2 fully saturated rings. The van der Waals surface area contributed by atoms with Crippen LogP contribution in [0.25, 0.3) is 0 Å². The average molecular weight is 501 g/mol. The zero-order chi connectivity index (χ0) is 19.1. The SMILES string of the molecule is CCOc1cc(CNC(=NC)NC2CCN(C(=O)C3CCCC3)C2)ccn1.I. The van der Waals surface area contributed by atoms with E-state index in [0.717, 1.165) is 43.9 Å². The van der Waals surface area contributed by atoms with Gasteiger partial charge in [0, 0.05) is 50.9 Å². The van der Waals surface area contributed by atoms with Gasteiger partial charge in [-0.1, -0.05) is 12.8 Å². The van der Waals surface area contributed by atoms with Crippen LogP contribution in [0.15, 0.2) is 23.3 Å². The lowest BCUT2D eigenvalue weighted by molar-refractivity contribution is -0.134. The molecular formula is C20H32IN5O2. The molecule has 0 bridgehead atoms. The minimum atomic E-state index is 0. The number of nitrogens with one attached hydrogen (secondary N) is 2. The smallest absolute Gasteiger partial charge is 0.225 e. The molecule has 156 valence electrons. The fraction of sp³-hybridized carbons (Fsp3) is 0.650. The van der Waals surface area contributed by atoms with Crippen LogP contribution in [-0.2, 0) is 11.3 Å². The highest BCUT2D eigenvalue weighted by Gasteiger charge is 2.32. The van der Waals surface area contributed by atoms with E-state index < -0.39 is 0 Å². The average Bonchev–Trinajstić information content (AvgIpc) is 3.37. The molecule has 1 atom stereocenters. The van der Waals surface area contributed by atoms with E-state index in [2.05, 4.69) is 20.6 Å². The zero-order valence-electron chi connectivity index (χ0n) is 16.8. The van der Waals surface area contributed by atoms with Crippen LogP contribution in [0.1, 0.15) is 44.6 Å². The Hall–Kier alpha value is -1.58. The third-order valence-electron chi connectivity index (χ3n) is 5.32. The molecule has 3 rings (SSSR count). The fourth-order valence-electron chi connectivity index (χ4n) is 3.87. The molecule has 7 nitrogen and oxygen atoms in total. The molecule has 1 aliphatic carbocycles. The first-order valence-electron chi connectivity index (χ1n) is 10.0. The molecule has 2 heterocycles. The fourth-order valence-corrected chi connectivity index (χ4v) is 3.87. The standard InChI is InChI=1S/C20H31N5O2.HI/c1-3-27-18-12-15(8-10-22-18)13-23-20(21-2)24-17-9-11-25(14-17)19(26)16-6-4-5-7-16;/h8,10,12,16-17H,3-7,9,11,13-14H2,1-2H3,(H2,21,23,24);1H. The monoisotopic (exact) mass is 501 g/mol. The molecule has 28 heavy (non-hydrogen) atoms. The highest BCUT2D eigenvalue weighted by atomic mass is 127. The Bertz CT molecular complexity index is 664. The summed E-state index contributed by atoms with van der Waals surface area (Å²) in [6.07, 6.45) is 7.23. The predicted octanol–water partition coefficient (Wildman–Crippen LogP) is 2.55. The maximum Gasteiger partial charge on any atom is 0.225 e. The van der Waals surface area contributed by atoms with Crippen LogP contribution in [-0.4, -0.2) is 54.5 Å². The summed E-state index contributed by atoms with van der Waals surface area (Å²) in [6, 6.07) is 4.14. The van der Waals surface area contributed by atoms with Crippen molar-refractivity contribution in [2.75, 3.05) is 26.7 Å². The minimum Gasteiger partial charge on any atom is -0.478 e. The number of nitrogens with zero attached hydrogens (tertiary/aromatic N) is 3. The number of aromatic nitrogens is 1. The topological polar surface area (TPSA) is 78.9 Å². The summed E-state index contributed by atoms with van der Waals surface area (Å²) in [5, 5.41) is 6.78. The summed E-state index contributed by atoms with van der Waals surface area (Å²) in [4.78, 5) is 23.1. The van der Waals surface area contributed by atoms with E-state index in [1.165, 1.54) is 12.8 Å². The lowest BCUT2D eigenvalue weighted by Gasteiger charge is -2.21. The summed E-state index contributed by atoms with van der Waals surface area (Å²) in [6.45, 7) is 4.79. The maximum atomic E-state index is 12.6. The molecule has 2 N–H and O–H groups in total. The van der Waals surface area contributed by atoms with Crippen molar-refractivity contribution in [3.63, 3.8) is 0 Å². The Morgan fingerprint density at radius 3 is 2.86 bits per heavy atom. The van der Waals surface area contributed by atoms with Gasteiger partial charge in [0.1, 0.15) is 0 Å². The molecular weight excluding hydrogens is 469 g/mol. The first-order valence-corrected chi connectivity index (χ1v) is 10.0. The lowest BCUT2D eigenvalue weighted by atomic mass is 10.1. The second-order valence-electron chi connectivity index (χ2n) is 7.26. The van der Waals surface area contributed by atoms with Crippen molar-refractivity contribution < 1.29 is 9.53 Å². The van der Waals surface area contributed by atoms with E-state index >= 15 is 0 Å². The van der Waals surface area contributed by atoms with Gasteiger partial charge < -0.3 is 20.3 Å². The van der Waals surface area contributed by atoms with Crippen molar-refractivity contribution in [1.29, 1.82) is 0 Å². The van der Waals surface area contributed by atoms with E-state index in [-0.39, 0.29) is 35.9 Å². The number of carbonyl (C=O) groups is 1. The van der Waals surface area contributed by atoms with Crippen molar-refractivity contribution in [2.45, 2.75) is 51.6 Å². The van der Waals surface area contributed by atoms with Gasteiger partial charge in [0.2, 0.25) is 11.8 Å². The Morgan fingerprint density at radius 1 is 1.36 bits per heavy atom. The van der Waals surface area contributed by atoms with E-state index in [1.54, 1.807) is 13.2 Å². The molecule has 1 saturated heterocycles. The Kier molecular flexibility index (Phi) is 9.27. The Labute approximate surface area is 184 Å². The van der Waals surface area contributed by atoms with Crippen molar-refractivity contribution in [2.24, 2.45) is 10.9 Å². The quantitative estimate of drug-likeness (QED) is 0.356. The van der Waals surface area contributed by atoms with Crippen LogP contribution < -0.4 is 15.4 Å². The molecule has 1 aliphatic heterocycles. The van der Waals surface area contributed by atoms with E-state index in [4.69, 9.17) is 4.74 Å². The van der Waals surface area contributed by atoms with Crippen LogP contribution in [0.2, 0.25) is 0 Å². The van der Waals surface area contributed by atoms with Gasteiger partial charge in [0.25, 0.3) is 0 Å². The van der Waals surface area contributed by atoms with Gasteiger partial charge in [-0.3, -0.25) is 9.79 Å². The van der Waals surface area contributed by atoms with Crippen LogP contribution in [0.4, 0.5) is 0 Å². The highest BCUT2D eigenvalue weighted by molar-refractivity contribution is 14.0. The van der Waals surface area contributed by atoms with Crippen molar-refractivity contribution in [3.8, 4) is 5.88 Å². The second-order valence-corrected chi connectivity index (χ2v) is 7.26. The molecule has 1 amide bonds. The minimum absolute atomic E-state index is 0. The number of carbonyl (C=O) groups excluding carboxylic acids is 1. The Balaban J connectivity index is 0.00000280. The van der Waals surface area contributed by atoms with Gasteiger partial charge in [-0.15, -0.1) is 24.0 Å². The molecule has 1 aromatic rings. The number of hydrogen-bond donors (Lipinski definition) is 2. The van der Waals surface area contributed by atoms with E-state index in [1.807, 2.05) is 24.0 Å². The summed E-state index contributed by atoms with van der Waals surface area (Å²) in [5.74, 6) is 1.99. The largest absolute Gasteiger partial charge is 0.478 e. The predicted molar refractivity (Wildman–Crippen MR) is 121 cm³/mol. The third-order valence-corrected chi connectivity index (χ3v) is 5.32. The maximum absolute atomic E-state index is 12.6. The molecule has 0 spiro atoms. The number of ether oxygens (including phenoxy) is 1. The molecule has 8 heteroatoms. The number of hydrogen-bond acceptors (Lipinski definition) is 4. The van der Waals surface area contributed by atoms with Gasteiger partial charge in [0.15, 0.2) is 5.96 Å². The van der Waals surface area contributed by atoms with Gasteiger partial charge in [-0.25, -0.2) is 4.98 Å². The van der Waals surface area contributed by atoms with Crippen LogP contribution in [0.5, 0.6) is 5.88 Å². The second kappa shape index (κ2) is 11.4. The number of amides is 1. The van der Waals surface area contributed by atoms with Gasteiger partial charge in [-0.05, 0) is 37.8 Å². The molecule has 2 aliphatic rings. The van der Waals surface area contributed by atoms with Gasteiger partial charge in [-0.2, -0.15) is 0 Å². The van der Waals surface area contributed by atoms with Crippen molar-refractivity contribution in [3.05, 3.63) is 23.9 Å². The number of likely N-dealkylation sites (tertiary alicyclic amines) is 1. The van der Waals surface area contributed by atoms with Gasteiger partial charge in [0.05, 0.1) is 6.61 Å². The van der Waals surface area contributed by atoms with E-state index in [0.29, 0.717) is 24.9 Å². The van der Waals surface area contributed by atoms with Crippen molar-refractivity contribution >= 4 is 35.8 Å². The number of rotatable bonds is 6. The van der Waals surface area contributed by atoms with Crippen molar-refractivity contribution in [1.82, 2.24) is 20.5 Å². The number of guanidine groups is 1. The summed E-state index contributed by atoms with van der Waals surface area (Å²) in [7, 11) is 1.77. The molecule has 1 saturated carbocycles. The van der Waals surface area contributed by atoms with Crippen LogP contribution in [0.3, 0.4) is 0 Å². The number of pyridine rings is 1. The third kappa shape index (κ3) is 6.22. The van der Waals surface area contributed by atoms with Crippen LogP contribution in [0, 0.1) is 5.92 Å². The zero-order valence-corrected chi connectivity index (χ0v) is 19.1. The molecule has 0 radical (unpaired) electrons. The van der Waals surface area contributed by atoms with Crippen LogP contribution >= 0.6 is 24.0 Å². The summed E-state index contributed by atoms with van der Waals surface area (Å²) < 4.78 is 5.44. The normalized spacial score (nSPS) is 20.0. The molecule has 1 unspecified atom stereocenters. The summed E-state index contributed by atoms with van der Waals surface area (Å²) >= 11 is 0. The number of aliphatic imine (C=N–C) groups is 1. The summed E-state index contributed by atoms with van der Waals surface area (Å²) in [5.41, 5.74) is 1.08.